The first-order valence-corrected chi connectivity index (χ1v) is 9.11. The number of sulfonamides is 1. The summed E-state index contributed by atoms with van der Waals surface area (Å²) in [6.45, 7) is 2.97. The monoisotopic (exact) mass is 293 g/mol. The summed E-state index contributed by atoms with van der Waals surface area (Å²) in [6.07, 6.45) is 5.63. The predicted molar refractivity (Wildman–Crippen MR) is 79.9 cm³/mol. The quantitative estimate of drug-likeness (QED) is 0.839. The number of piperidine rings is 1. The van der Waals surface area contributed by atoms with Crippen LogP contribution in [0.25, 0.3) is 0 Å². The second-order valence-corrected chi connectivity index (χ2v) is 8.10. The molecule has 3 nitrogen and oxygen atoms in total. The fourth-order valence-electron chi connectivity index (χ4n) is 3.90. The summed E-state index contributed by atoms with van der Waals surface area (Å²) >= 11 is 0. The van der Waals surface area contributed by atoms with Crippen LogP contribution in [0, 0.1) is 11.8 Å². The SMILES string of the molecule is CC1CCN(S(=O)(=O)c2ccccc2)C2CCCCC12. The summed E-state index contributed by atoms with van der Waals surface area (Å²) in [7, 11) is -3.32. The maximum Gasteiger partial charge on any atom is 0.243 e. The highest BCUT2D eigenvalue weighted by Crippen LogP contribution is 2.40. The second kappa shape index (κ2) is 5.49. The van der Waals surface area contributed by atoms with Crippen LogP contribution in [0.15, 0.2) is 35.2 Å². The molecule has 0 N–H and O–H groups in total. The zero-order chi connectivity index (χ0) is 14.2. The lowest BCUT2D eigenvalue weighted by molar-refractivity contribution is 0.0827. The zero-order valence-electron chi connectivity index (χ0n) is 12.0. The summed E-state index contributed by atoms with van der Waals surface area (Å²) in [4.78, 5) is 0.443. The van der Waals surface area contributed by atoms with Crippen LogP contribution in [0.2, 0.25) is 0 Å². The Morgan fingerprint density at radius 1 is 1.05 bits per heavy atom. The molecule has 0 bridgehead atoms. The molecule has 20 heavy (non-hydrogen) atoms. The maximum absolute atomic E-state index is 12.9. The van der Waals surface area contributed by atoms with Gasteiger partial charge in [0.15, 0.2) is 0 Å². The molecular weight excluding hydrogens is 270 g/mol. The predicted octanol–water partition coefficient (Wildman–Crippen LogP) is 3.28. The Morgan fingerprint density at radius 3 is 2.50 bits per heavy atom. The average Bonchev–Trinajstić information content (AvgIpc) is 2.48. The van der Waals surface area contributed by atoms with Gasteiger partial charge in [-0.1, -0.05) is 38.0 Å². The Kier molecular flexibility index (Phi) is 3.87. The smallest absolute Gasteiger partial charge is 0.207 e. The third-order valence-corrected chi connectivity index (χ3v) is 6.98. The molecule has 0 aromatic heterocycles. The van der Waals surface area contributed by atoms with Gasteiger partial charge in [-0.05, 0) is 43.2 Å². The average molecular weight is 293 g/mol. The van der Waals surface area contributed by atoms with E-state index in [-0.39, 0.29) is 6.04 Å². The van der Waals surface area contributed by atoms with Gasteiger partial charge in [0.2, 0.25) is 10.0 Å². The highest BCUT2D eigenvalue weighted by Gasteiger charge is 2.42. The van der Waals surface area contributed by atoms with Gasteiger partial charge in [0, 0.05) is 12.6 Å². The van der Waals surface area contributed by atoms with Crippen LogP contribution in [0.3, 0.4) is 0 Å². The lowest BCUT2D eigenvalue weighted by Gasteiger charge is -2.46. The molecule has 0 amide bonds. The van der Waals surface area contributed by atoms with Gasteiger partial charge < -0.3 is 0 Å². The Morgan fingerprint density at radius 2 is 1.75 bits per heavy atom. The molecule has 1 aromatic rings. The van der Waals surface area contributed by atoms with Gasteiger partial charge >= 0.3 is 0 Å². The van der Waals surface area contributed by atoms with Gasteiger partial charge in [-0.2, -0.15) is 4.31 Å². The molecule has 1 aliphatic carbocycles. The third-order valence-electron chi connectivity index (χ3n) is 5.04. The van der Waals surface area contributed by atoms with E-state index in [1.807, 2.05) is 6.07 Å². The zero-order valence-corrected chi connectivity index (χ0v) is 12.8. The van der Waals surface area contributed by atoms with E-state index in [4.69, 9.17) is 0 Å². The summed E-state index contributed by atoms with van der Waals surface area (Å²) in [5.41, 5.74) is 0. The maximum atomic E-state index is 12.9. The highest BCUT2D eigenvalue weighted by atomic mass is 32.2. The first-order chi connectivity index (χ1) is 9.60. The van der Waals surface area contributed by atoms with Crippen LogP contribution in [0.1, 0.15) is 39.0 Å². The number of rotatable bonds is 2. The van der Waals surface area contributed by atoms with E-state index < -0.39 is 10.0 Å². The number of benzene rings is 1. The number of hydrogen-bond acceptors (Lipinski definition) is 2. The van der Waals surface area contributed by atoms with Crippen molar-refractivity contribution in [3.8, 4) is 0 Å². The van der Waals surface area contributed by atoms with Gasteiger partial charge in [0.25, 0.3) is 0 Å². The van der Waals surface area contributed by atoms with Gasteiger partial charge in [0.05, 0.1) is 4.90 Å². The third kappa shape index (κ3) is 2.40. The van der Waals surface area contributed by atoms with E-state index in [2.05, 4.69) is 6.92 Å². The topological polar surface area (TPSA) is 37.4 Å². The lowest BCUT2D eigenvalue weighted by atomic mass is 9.74. The van der Waals surface area contributed by atoms with Crippen LogP contribution in [-0.2, 0) is 10.0 Å². The normalized spacial score (nSPS) is 31.8. The minimum atomic E-state index is -3.32. The van der Waals surface area contributed by atoms with Crippen molar-refractivity contribution in [2.24, 2.45) is 11.8 Å². The minimum absolute atomic E-state index is 0.220. The molecule has 4 heteroatoms. The van der Waals surface area contributed by atoms with E-state index >= 15 is 0 Å². The van der Waals surface area contributed by atoms with E-state index in [9.17, 15) is 8.42 Å². The van der Waals surface area contributed by atoms with Crippen molar-refractivity contribution in [3.63, 3.8) is 0 Å². The molecule has 3 rings (SSSR count). The van der Waals surface area contributed by atoms with Gasteiger partial charge in [-0.3, -0.25) is 0 Å². The van der Waals surface area contributed by atoms with Gasteiger partial charge in [-0.25, -0.2) is 8.42 Å². The van der Waals surface area contributed by atoms with Crippen LogP contribution in [-0.4, -0.2) is 25.3 Å². The summed E-state index contributed by atoms with van der Waals surface area (Å²) < 4.78 is 27.5. The van der Waals surface area contributed by atoms with Crippen LogP contribution >= 0.6 is 0 Å². The van der Waals surface area contributed by atoms with Crippen molar-refractivity contribution in [2.75, 3.05) is 6.54 Å². The first-order valence-electron chi connectivity index (χ1n) is 7.67. The number of fused-ring (bicyclic) bond motifs is 1. The van der Waals surface area contributed by atoms with Crippen molar-refractivity contribution in [1.29, 1.82) is 0 Å². The Balaban J connectivity index is 1.93. The standard InChI is InChI=1S/C16H23NO2S/c1-13-11-12-17(16-10-6-5-9-15(13)16)20(18,19)14-7-3-2-4-8-14/h2-4,7-8,13,15-16H,5-6,9-12H2,1H3. The van der Waals surface area contributed by atoms with Crippen molar-refractivity contribution in [1.82, 2.24) is 4.31 Å². The molecule has 3 unspecified atom stereocenters. The molecule has 2 aliphatic rings. The molecule has 1 aliphatic heterocycles. The molecule has 2 fully saturated rings. The summed E-state index contributed by atoms with van der Waals surface area (Å²) in [5, 5.41) is 0. The first kappa shape index (κ1) is 14.1. The molecule has 1 saturated carbocycles. The molecule has 3 atom stereocenters. The van der Waals surface area contributed by atoms with E-state index in [1.165, 1.54) is 12.8 Å². The Labute approximate surface area is 122 Å². The van der Waals surface area contributed by atoms with Crippen LogP contribution in [0.4, 0.5) is 0 Å². The van der Waals surface area contributed by atoms with Gasteiger partial charge in [-0.15, -0.1) is 0 Å². The Hall–Kier alpha value is -0.870. The van der Waals surface area contributed by atoms with E-state index in [1.54, 1.807) is 28.6 Å². The molecule has 1 heterocycles. The Bertz CT molecular complexity index is 555. The van der Waals surface area contributed by atoms with E-state index in [0.717, 1.165) is 19.3 Å². The summed E-state index contributed by atoms with van der Waals surface area (Å²) in [6, 6.07) is 9.12. The van der Waals surface area contributed by atoms with Crippen LogP contribution in [0.5, 0.6) is 0 Å². The molecule has 0 radical (unpaired) electrons. The molecule has 0 spiro atoms. The largest absolute Gasteiger partial charge is 0.243 e. The minimum Gasteiger partial charge on any atom is -0.207 e. The van der Waals surface area contributed by atoms with E-state index in [0.29, 0.717) is 23.3 Å². The van der Waals surface area contributed by atoms with Crippen molar-refractivity contribution >= 4 is 10.0 Å². The van der Waals surface area contributed by atoms with Gasteiger partial charge in [0.1, 0.15) is 0 Å². The fourth-order valence-corrected chi connectivity index (χ4v) is 5.63. The van der Waals surface area contributed by atoms with Crippen molar-refractivity contribution in [3.05, 3.63) is 30.3 Å². The number of hydrogen-bond donors (Lipinski definition) is 0. The molecular formula is C16H23NO2S. The lowest BCUT2D eigenvalue weighted by Crippen LogP contribution is -2.52. The molecule has 1 aromatic carbocycles. The van der Waals surface area contributed by atoms with Crippen LogP contribution < -0.4 is 0 Å². The second-order valence-electron chi connectivity index (χ2n) is 6.21. The highest BCUT2D eigenvalue weighted by molar-refractivity contribution is 7.89. The van der Waals surface area contributed by atoms with Crippen molar-refractivity contribution in [2.45, 2.75) is 50.0 Å². The summed E-state index contributed by atoms with van der Waals surface area (Å²) in [5.74, 6) is 1.21. The fraction of sp³-hybridized carbons (Fsp3) is 0.625. The number of nitrogens with zero attached hydrogens (tertiary/aromatic N) is 1. The van der Waals surface area contributed by atoms with Crippen molar-refractivity contribution < 1.29 is 8.42 Å². The molecule has 1 saturated heterocycles. The molecule has 110 valence electrons.